The maximum absolute atomic E-state index is 11.9. The third-order valence-corrected chi connectivity index (χ3v) is 2.30. The molecule has 1 aromatic rings. The lowest BCUT2D eigenvalue weighted by molar-refractivity contribution is -0.212. The molecule has 0 saturated carbocycles. The van der Waals surface area contributed by atoms with Gasteiger partial charge in [-0.25, -0.2) is 9.68 Å². The largest absolute Gasteiger partial charge is 0.386 e. The molecule has 0 atom stereocenters. The number of hydrogen-bond donors (Lipinski definition) is 0. The molecule has 1 aromatic carbocycles. The van der Waals surface area contributed by atoms with Crippen LogP contribution in [0.15, 0.2) is 42.0 Å². The Hall–Kier alpha value is -1.85. The third-order valence-electron chi connectivity index (χ3n) is 2.30. The van der Waals surface area contributed by atoms with E-state index in [0.717, 1.165) is 0 Å². The average molecular weight is 266 g/mol. The summed E-state index contributed by atoms with van der Waals surface area (Å²) in [5, 5.41) is 0. The van der Waals surface area contributed by atoms with E-state index in [-0.39, 0.29) is 5.57 Å². The van der Waals surface area contributed by atoms with Gasteiger partial charge < -0.3 is 9.47 Å². The predicted octanol–water partition coefficient (Wildman–Crippen LogP) is 2.48. The fraction of sp³-hybridized carbons (Fsp3) is 0.357. The van der Waals surface area contributed by atoms with Crippen molar-refractivity contribution in [3.8, 4) is 5.75 Å². The van der Waals surface area contributed by atoms with Crippen molar-refractivity contribution in [3.63, 3.8) is 0 Å². The van der Waals surface area contributed by atoms with Crippen LogP contribution < -0.4 is 4.89 Å². The summed E-state index contributed by atoms with van der Waals surface area (Å²) >= 11 is 0. The molecule has 5 heteroatoms. The Bertz CT molecular complexity index is 409. The van der Waals surface area contributed by atoms with Crippen molar-refractivity contribution >= 4 is 5.97 Å². The number of ether oxygens (including phenoxy) is 2. The monoisotopic (exact) mass is 266 g/mol. The van der Waals surface area contributed by atoms with Crippen LogP contribution in [0.3, 0.4) is 0 Å². The number of benzene rings is 1. The van der Waals surface area contributed by atoms with Crippen LogP contribution in [-0.4, -0.2) is 26.5 Å². The van der Waals surface area contributed by atoms with Gasteiger partial charge >= 0.3 is 5.97 Å². The van der Waals surface area contributed by atoms with Crippen LogP contribution in [0, 0.1) is 0 Å². The molecule has 0 bridgehead atoms. The van der Waals surface area contributed by atoms with Crippen LogP contribution in [-0.2, 0) is 19.2 Å². The summed E-state index contributed by atoms with van der Waals surface area (Å²) in [4.78, 5) is 21.6. The van der Waals surface area contributed by atoms with Crippen molar-refractivity contribution < 1.29 is 24.0 Å². The first kappa shape index (κ1) is 15.2. The number of hydrogen-bond acceptors (Lipinski definition) is 5. The van der Waals surface area contributed by atoms with Crippen molar-refractivity contribution in [1.82, 2.24) is 0 Å². The van der Waals surface area contributed by atoms with E-state index in [0.29, 0.717) is 12.2 Å². The smallest absolute Gasteiger partial charge is 0.351 e. The summed E-state index contributed by atoms with van der Waals surface area (Å²) in [6.07, 6.45) is 1.56. The van der Waals surface area contributed by atoms with Gasteiger partial charge in [0, 0.05) is 14.2 Å². The molecule has 0 fully saturated rings. The van der Waals surface area contributed by atoms with Gasteiger partial charge in [0.05, 0.1) is 5.57 Å². The number of carbonyl (C=O) groups is 1. The van der Waals surface area contributed by atoms with E-state index >= 15 is 0 Å². The van der Waals surface area contributed by atoms with E-state index in [1.807, 2.05) is 13.0 Å². The summed E-state index contributed by atoms with van der Waals surface area (Å²) in [5.74, 6) is -0.197. The molecular weight excluding hydrogens is 248 g/mol. The van der Waals surface area contributed by atoms with Crippen LogP contribution in [0.1, 0.15) is 13.3 Å². The second kappa shape index (κ2) is 8.29. The van der Waals surface area contributed by atoms with Gasteiger partial charge in [0.15, 0.2) is 12.0 Å². The summed E-state index contributed by atoms with van der Waals surface area (Å²) < 4.78 is 10.1. The van der Waals surface area contributed by atoms with Gasteiger partial charge in [-0.1, -0.05) is 31.2 Å². The van der Waals surface area contributed by atoms with Gasteiger partial charge in [-0.2, -0.15) is 0 Å². The van der Waals surface area contributed by atoms with Crippen LogP contribution in [0.25, 0.3) is 0 Å². The van der Waals surface area contributed by atoms with E-state index < -0.39 is 12.3 Å². The lowest BCUT2D eigenvalue weighted by Gasteiger charge is -2.15. The SMILES string of the molecule is CCC=C(C(=O)OOc1ccccc1)C(OC)OC. The highest BCUT2D eigenvalue weighted by Crippen LogP contribution is 2.13. The Morgan fingerprint density at radius 3 is 2.37 bits per heavy atom. The molecular formula is C14H18O5. The summed E-state index contributed by atoms with van der Waals surface area (Å²) in [5.41, 5.74) is 0.267. The van der Waals surface area contributed by atoms with Gasteiger partial charge in [0.25, 0.3) is 0 Å². The molecule has 0 amide bonds. The van der Waals surface area contributed by atoms with Crippen LogP contribution >= 0.6 is 0 Å². The zero-order chi connectivity index (χ0) is 14.1. The van der Waals surface area contributed by atoms with E-state index in [9.17, 15) is 4.79 Å². The number of carbonyl (C=O) groups excluding carboxylic acids is 1. The quantitative estimate of drug-likeness (QED) is 0.328. The highest BCUT2D eigenvalue weighted by Gasteiger charge is 2.23. The maximum Gasteiger partial charge on any atom is 0.386 e. The lowest BCUT2D eigenvalue weighted by atomic mass is 10.2. The molecule has 104 valence electrons. The Labute approximate surface area is 112 Å². The van der Waals surface area contributed by atoms with Crippen molar-refractivity contribution in [2.75, 3.05) is 14.2 Å². The van der Waals surface area contributed by atoms with E-state index in [1.165, 1.54) is 14.2 Å². The molecule has 0 aliphatic heterocycles. The standard InChI is InChI=1S/C14H18O5/c1-4-8-12(14(16-2)17-3)13(15)19-18-11-9-6-5-7-10-11/h5-10,14H,4H2,1-3H3. The predicted molar refractivity (Wildman–Crippen MR) is 69.3 cm³/mol. The molecule has 0 spiro atoms. The second-order valence-electron chi connectivity index (χ2n) is 3.64. The van der Waals surface area contributed by atoms with Crippen molar-refractivity contribution in [3.05, 3.63) is 42.0 Å². The van der Waals surface area contributed by atoms with E-state index in [2.05, 4.69) is 0 Å². The number of allylic oxidation sites excluding steroid dienone is 1. The Morgan fingerprint density at radius 1 is 1.21 bits per heavy atom. The fourth-order valence-electron chi connectivity index (χ4n) is 1.46. The van der Waals surface area contributed by atoms with Crippen molar-refractivity contribution in [2.45, 2.75) is 19.6 Å². The highest BCUT2D eigenvalue weighted by molar-refractivity contribution is 5.88. The Morgan fingerprint density at radius 2 is 1.84 bits per heavy atom. The Balaban J connectivity index is 2.65. The van der Waals surface area contributed by atoms with Crippen molar-refractivity contribution in [2.24, 2.45) is 0 Å². The molecule has 0 aliphatic rings. The number of rotatable bonds is 7. The molecule has 0 N–H and O–H groups in total. The maximum atomic E-state index is 11.9. The van der Waals surface area contributed by atoms with Crippen LogP contribution in [0.5, 0.6) is 5.75 Å². The first-order valence-corrected chi connectivity index (χ1v) is 5.92. The fourth-order valence-corrected chi connectivity index (χ4v) is 1.46. The zero-order valence-corrected chi connectivity index (χ0v) is 11.3. The zero-order valence-electron chi connectivity index (χ0n) is 11.3. The van der Waals surface area contributed by atoms with Gasteiger partial charge in [-0.15, -0.1) is 0 Å². The number of para-hydroxylation sites is 1. The molecule has 19 heavy (non-hydrogen) atoms. The van der Waals surface area contributed by atoms with E-state index in [1.54, 1.807) is 30.3 Å². The average Bonchev–Trinajstić information content (AvgIpc) is 2.46. The van der Waals surface area contributed by atoms with Gasteiger partial charge in [0.2, 0.25) is 0 Å². The van der Waals surface area contributed by atoms with E-state index in [4.69, 9.17) is 19.2 Å². The first-order chi connectivity index (χ1) is 9.22. The van der Waals surface area contributed by atoms with Crippen LogP contribution in [0.2, 0.25) is 0 Å². The molecule has 0 heterocycles. The minimum atomic E-state index is -0.771. The van der Waals surface area contributed by atoms with Gasteiger partial charge in [0.1, 0.15) is 0 Å². The Kier molecular flexibility index (Phi) is 6.63. The summed E-state index contributed by atoms with van der Waals surface area (Å²) in [6.45, 7) is 1.90. The molecule has 0 radical (unpaired) electrons. The molecule has 0 unspecified atom stereocenters. The molecule has 0 aromatic heterocycles. The summed E-state index contributed by atoms with van der Waals surface area (Å²) in [6, 6.07) is 8.75. The lowest BCUT2D eigenvalue weighted by Crippen LogP contribution is -2.24. The van der Waals surface area contributed by atoms with Crippen molar-refractivity contribution in [1.29, 1.82) is 0 Å². The molecule has 0 saturated heterocycles. The normalized spacial score (nSPS) is 11.5. The van der Waals surface area contributed by atoms with Gasteiger partial charge in [-0.3, -0.25) is 4.89 Å². The van der Waals surface area contributed by atoms with Crippen LogP contribution in [0.4, 0.5) is 0 Å². The first-order valence-electron chi connectivity index (χ1n) is 5.92. The summed E-state index contributed by atoms with van der Waals surface area (Å²) in [7, 11) is 2.89. The molecule has 0 aliphatic carbocycles. The molecule has 5 nitrogen and oxygen atoms in total. The topological polar surface area (TPSA) is 54.0 Å². The second-order valence-corrected chi connectivity index (χ2v) is 3.64. The van der Waals surface area contributed by atoms with Gasteiger partial charge in [-0.05, 0) is 18.6 Å². The molecule has 1 rings (SSSR count). The minimum absolute atomic E-state index is 0.267. The third kappa shape index (κ3) is 4.73. The number of methoxy groups -OCH3 is 2. The minimum Gasteiger partial charge on any atom is -0.351 e. The highest BCUT2D eigenvalue weighted by atomic mass is 17.2.